The number of carbonyl (C=O) groups excluding carboxylic acids is 1. The molecule has 0 aromatic heterocycles. The second kappa shape index (κ2) is 4.64. The molecule has 1 aromatic rings. The van der Waals surface area contributed by atoms with E-state index in [-0.39, 0.29) is 5.56 Å². The van der Waals surface area contributed by atoms with E-state index in [0.717, 1.165) is 0 Å². The fourth-order valence-electron chi connectivity index (χ4n) is 2.24. The monoisotopic (exact) mass is 265 g/mol. The minimum absolute atomic E-state index is 0.230. The molecule has 6 nitrogen and oxygen atoms in total. The molecular weight excluding hydrogens is 250 g/mol. The molecule has 0 spiro atoms. The standard InChI is InChI=1S/C13H15NO5/c14-11(17)10(16)9(15)7-3-1-2-4-8(7)13(5-6-13)12(18)19/h1-4,9-10,15-16H,5-6H2,(H2,14,17)(H,18,19). The van der Waals surface area contributed by atoms with Crippen molar-refractivity contribution in [1.82, 2.24) is 0 Å². The maximum absolute atomic E-state index is 11.3. The molecule has 1 saturated carbocycles. The molecule has 2 atom stereocenters. The summed E-state index contributed by atoms with van der Waals surface area (Å²) in [6.07, 6.45) is -2.34. The Labute approximate surface area is 109 Å². The van der Waals surface area contributed by atoms with Gasteiger partial charge in [-0.1, -0.05) is 24.3 Å². The number of rotatable bonds is 5. The van der Waals surface area contributed by atoms with Gasteiger partial charge in [-0.15, -0.1) is 0 Å². The molecular formula is C13H15NO5. The number of hydrogen-bond donors (Lipinski definition) is 4. The number of nitrogens with two attached hydrogens (primary N) is 1. The summed E-state index contributed by atoms with van der Waals surface area (Å²) in [4.78, 5) is 22.2. The van der Waals surface area contributed by atoms with Crippen LogP contribution in [-0.2, 0) is 15.0 Å². The summed E-state index contributed by atoms with van der Waals surface area (Å²) in [5.41, 5.74) is 4.58. The van der Waals surface area contributed by atoms with Gasteiger partial charge in [0.2, 0.25) is 5.91 Å². The van der Waals surface area contributed by atoms with Gasteiger partial charge in [0.15, 0.2) is 6.10 Å². The van der Waals surface area contributed by atoms with Gasteiger partial charge in [0.1, 0.15) is 6.10 Å². The first-order valence-electron chi connectivity index (χ1n) is 5.88. The molecule has 1 aromatic carbocycles. The van der Waals surface area contributed by atoms with Gasteiger partial charge < -0.3 is 21.1 Å². The van der Waals surface area contributed by atoms with Crippen molar-refractivity contribution in [2.45, 2.75) is 30.5 Å². The third-order valence-corrected chi connectivity index (χ3v) is 3.54. The van der Waals surface area contributed by atoms with E-state index < -0.39 is 29.5 Å². The van der Waals surface area contributed by atoms with Crippen LogP contribution in [0.4, 0.5) is 0 Å². The van der Waals surface area contributed by atoms with Crippen LogP contribution in [0.1, 0.15) is 30.1 Å². The number of aliphatic hydroxyl groups excluding tert-OH is 2. The van der Waals surface area contributed by atoms with E-state index in [4.69, 9.17) is 5.73 Å². The van der Waals surface area contributed by atoms with Gasteiger partial charge in [-0.3, -0.25) is 9.59 Å². The highest BCUT2D eigenvalue weighted by molar-refractivity contribution is 5.86. The number of primary amides is 1. The Kier molecular flexibility index (Phi) is 3.30. The summed E-state index contributed by atoms with van der Waals surface area (Å²) in [5, 5.41) is 28.8. The molecule has 0 heterocycles. The Morgan fingerprint density at radius 2 is 1.79 bits per heavy atom. The Balaban J connectivity index is 2.43. The van der Waals surface area contributed by atoms with E-state index >= 15 is 0 Å². The lowest BCUT2D eigenvalue weighted by atomic mass is 9.87. The molecule has 6 heteroatoms. The first-order valence-corrected chi connectivity index (χ1v) is 5.88. The number of aliphatic carboxylic acids is 1. The van der Waals surface area contributed by atoms with Crippen molar-refractivity contribution in [1.29, 1.82) is 0 Å². The summed E-state index contributed by atoms with van der Waals surface area (Å²) < 4.78 is 0. The molecule has 1 fully saturated rings. The van der Waals surface area contributed by atoms with Crippen LogP contribution in [0.3, 0.4) is 0 Å². The van der Waals surface area contributed by atoms with Crippen LogP contribution >= 0.6 is 0 Å². The highest BCUT2D eigenvalue weighted by Crippen LogP contribution is 2.50. The van der Waals surface area contributed by atoms with Crippen LogP contribution in [0.25, 0.3) is 0 Å². The van der Waals surface area contributed by atoms with Gasteiger partial charge >= 0.3 is 5.97 Å². The zero-order valence-corrected chi connectivity index (χ0v) is 10.1. The Morgan fingerprint density at radius 1 is 1.21 bits per heavy atom. The van der Waals surface area contributed by atoms with Crippen molar-refractivity contribution in [2.24, 2.45) is 5.73 Å². The molecule has 0 radical (unpaired) electrons. The molecule has 1 aliphatic rings. The molecule has 2 rings (SSSR count). The van der Waals surface area contributed by atoms with Crippen LogP contribution in [0.5, 0.6) is 0 Å². The molecule has 1 amide bonds. The minimum Gasteiger partial charge on any atom is -0.481 e. The van der Waals surface area contributed by atoms with Crippen molar-refractivity contribution in [3.63, 3.8) is 0 Å². The van der Waals surface area contributed by atoms with E-state index in [9.17, 15) is 24.9 Å². The number of carboxylic acids is 1. The average Bonchev–Trinajstić information content (AvgIpc) is 3.18. The summed E-state index contributed by atoms with van der Waals surface area (Å²) in [7, 11) is 0. The van der Waals surface area contributed by atoms with Gasteiger partial charge in [0.25, 0.3) is 0 Å². The zero-order valence-electron chi connectivity index (χ0n) is 10.1. The topological polar surface area (TPSA) is 121 Å². The molecule has 19 heavy (non-hydrogen) atoms. The SMILES string of the molecule is NC(=O)C(O)C(O)c1ccccc1C1(C(=O)O)CC1. The molecule has 5 N–H and O–H groups in total. The highest BCUT2D eigenvalue weighted by atomic mass is 16.4. The van der Waals surface area contributed by atoms with Crippen molar-refractivity contribution in [2.75, 3.05) is 0 Å². The molecule has 0 bridgehead atoms. The molecule has 0 aliphatic heterocycles. The number of carboxylic acid groups (broad SMARTS) is 1. The molecule has 0 saturated heterocycles. The van der Waals surface area contributed by atoms with E-state index in [1.165, 1.54) is 6.07 Å². The number of aliphatic hydroxyl groups is 2. The van der Waals surface area contributed by atoms with E-state index in [2.05, 4.69) is 0 Å². The highest BCUT2D eigenvalue weighted by Gasteiger charge is 2.53. The van der Waals surface area contributed by atoms with Crippen LogP contribution in [0.2, 0.25) is 0 Å². The first kappa shape index (κ1) is 13.5. The molecule has 1 aliphatic carbocycles. The predicted molar refractivity (Wildman–Crippen MR) is 65.2 cm³/mol. The van der Waals surface area contributed by atoms with Gasteiger partial charge in [0.05, 0.1) is 5.41 Å². The second-order valence-electron chi connectivity index (χ2n) is 4.77. The summed E-state index contributed by atoms with van der Waals surface area (Å²) in [6, 6.07) is 6.35. The predicted octanol–water partition coefficient (Wildman–Crippen LogP) is -0.318. The lowest BCUT2D eigenvalue weighted by Crippen LogP contribution is -2.35. The molecule has 2 unspecified atom stereocenters. The van der Waals surface area contributed by atoms with Crippen molar-refractivity contribution >= 4 is 11.9 Å². The average molecular weight is 265 g/mol. The lowest BCUT2D eigenvalue weighted by molar-refractivity contribution is -0.140. The van der Waals surface area contributed by atoms with E-state index in [1.54, 1.807) is 18.2 Å². The van der Waals surface area contributed by atoms with Crippen LogP contribution < -0.4 is 5.73 Å². The fourth-order valence-corrected chi connectivity index (χ4v) is 2.24. The fraction of sp³-hybridized carbons (Fsp3) is 0.385. The van der Waals surface area contributed by atoms with Gasteiger partial charge in [-0.2, -0.15) is 0 Å². The van der Waals surface area contributed by atoms with E-state index in [0.29, 0.717) is 18.4 Å². The number of benzene rings is 1. The zero-order chi connectivity index (χ0) is 14.2. The largest absolute Gasteiger partial charge is 0.481 e. The normalized spacial score (nSPS) is 19.5. The quantitative estimate of drug-likeness (QED) is 0.581. The van der Waals surface area contributed by atoms with Crippen LogP contribution in [-0.4, -0.2) is 33.3 Å². The third-order valence-electron chi connectivity index (χ3n) is 3.54. The van der Waals surface area contributed by atoms with Crippen molar-refractivity contribution < 1.29 is 24.9 Å². The summed E-state index contributed by atoms with van der Waals surface area (Å²) in [5.74, 6) is -2.02. The van der Waals surface area contributed by atoms with Crippen LogP contribution in [0, 0.1) is 0 Å². The van der Waals surface area contributed by atoms with Gasteiger partial charge in [0, 0.05) is 0 Å². The number of carbonyl (C=O) groups is 2. The Morgan fingerprint density at radius 3 is 2.26 bits per heavy atom. The smallest absolute Gasteiger partial charge is 0.314 e. The Hall–Kier alpha value is -1.92. The number of amides is 1. The third kappa shape index (κ3) is 2.20. The second-order valence-corrected chi connectivity index (χ2v) is 4.77. The number of hydrogen-bond acceptors (Lipinski definition) is 4. The first-order chi connectivity index (χ1) is 8.90. The summed E-state index contributed by atoms with van der Waals surface area (Å²) >= 11 is 0. The Bertz CT molecular complexity index is 524. The van der Waals surface area contributed by atoms with Crippen molar-refractivity contribution in [3.05, 3.63) is 35.4 Å². The minimum atomic E-state index is -1.76. The summed E-state index contributed by atoms with van der Waals surface area (Å²) in [6.45, 7) is 0. The van der Waals surface area contributed by atoms with Crippen LogP contribution in [0.15, 0.2) is 24.3 Å². The maximum Gasteiger partial charge on any atom is 0.314 e. The maximum atomic E-state index is 11.3. The van der Waals surface area contributed by atoms with E-state index in [1.807, 2.05) is 0 Å². The van der Waals surface area contributed by atoms with Gasteiger partial charge in [-0.25, -0.2) is 0 Å². The lowest BCUT2D eigenvalue weighted by Gasteiger charge is -2.21. The van der Waals surface area contributed by atoms with Crippen molar-refractivity contribution in [3.8, 4) is 0 Å². The van der Waals surface area contributed by atoms with Gasteiger partial charge in [-0.05, 0) is 24.0 Å². The molecule has 102 valence electrons.